The zero-order valence-electron chi connectivity index (χ0n) is 16.8. The fraction of sp³-hybridized carbons (Fsp3) is 0.143. The van der Waals surface area contributed by atoms with Gasteiger partial charge < -0.3 is 4.74 Å². The van der Waals surface area contributed by atoms with Gasteiger partial charge in [-0.1, -0.05) is 48.2 Å². The number of thioether (sulfide) groups is 2. The zero-order chi connectivity index (χ0) is 22.2. The zero-order valence-corrected chi connectivity index (χ0v) is 20.6. The van der Waals surface area contributed by atoms with Crippen molar-refractivity contribution in [3.05, 3.63) is 70.1 Å². The largest absolute Gasteiger partial charge is 0.489 e. The quantitative estimate of drug-likeness (QED) is 0.350. The number of carbonyl (C=O) groups excluding carboxylic acids is 4. The Morgan fingerprint density at radius 3 is 2.03 bits per heavy atom. The van der Waals surface area contributed by atoms with Crippen LogP contribution in [0.25, 0.3) is 6.08 Å². The Balaban J connectivity index is 0.000000388. The van der Waals surface area contributed by atoms with E-state index >= 15 is 0 Å². The van der Waals surface area contributed by atoms with Gasteiger partial charge in [-0.25, -0.2) is 0 Å². The van der Waals surface area contributed by atoms with Crippen LogP contribution in [0.1, 0.15) is 16.7 Å². The molecule has 4 rings (SSSR count). The lowest BCUT2D eigenvalue weighted by molar-refractivity contribution is -0.117. The molecule has 2 fully saturated rings. The van der Waals surface area contributed by atoms with Crippen molar-refractivity contribution in [2.45, 2.75) is 12.5 Å². The Hall–Kier alpha value is -2.32. The molecule has 7 nitrogen and oxygen atoms in total. The number of amides is 4. The second-order valence-electron chi connectivity index (χ2n) is 6.28. The second-order valence-corrected chi connectivity index (χ2v) is 8.51. The van der Waals surface area contributed by atoms with E-state index in [9.17, 15) is 19.2 Å². The highest BCUT2D eigenvalue weighted by molar-refractivity contribution is 8.18. The van der Waals surface area contributed by atoms with Crippen LogP contribution in [0, 0.1) is 0 Å². The molecule has 2 aromatic carbocycles. The first-order valence-corrected chi connectivity index (χ1v) is 11.3. The van der Waals surface area contributed by atoms with Crippen molar-refractivity contribution in [3.63, 3.8) is 0 Å². The van der Waals surface area contributed by atoms with Crippen LogP contribution in [0.5, 0.6) is 5.75 Å². The lowest BCUT2D eigenvalue weighted by Gasteiger charge is -2.07. The number of hydrogen-bond acceptors (Lipinski definition) is 7. The lowest BCUT2D eigenvalue weighted by atomic mass is 10.1. The molecule has 0 spiro atoms. The highest BCUT2D eigenvalue weighted by Gasteiger charge is 2.24. The molecular formula is C21H20ClN2O5PS2. The summed E-state index contributed by atoms with van der Waals surface area (Å²) >= 11 is 7.67. The van der Waals surface area contributed by atoms with Gasteiger partial charge in [0.25, 0.3) is 16.4 Å². The first kappa shape index (κ1) is 25.9. The molecule has 2 saturated heterocycles. The van der Waals surface area contributed by atoms with Crippen LogP contribution < -0.4 is 15.4 Å². The summed E-state index contributed by atoms with van der Waals surface area (Å²) < 4.78 is 5.74. The molecule has 0 aliphatic carbocycles. The van der Waals surface area contributed by atoms with Crippen LogP contribution in [0.3, 0.4) is 0 Å². The van der Waals surface area contributed by atoms with E-state index < -0.39 is 0 Å². The van der Waals surface area contributed by atoms with Gasteiger partial charge in [-0.15, -0.1) is 11.6 Å². The summed E-state index contributed by atoms with van der Waals surface area (Å²) in [6.07, 6.45) is 1.68. The number of benzene rings is 2. The minimum Gasteiger partial charge on any atom is -0.489 e. The number of alkyl halides is 1. The van der Waals surface area contributed by atoms with Crippen LogP contribution >= 0.6 is 45.0 Å². The molecule has 2 aliphatic rings. The van der Waals surface area contributed by atoms with Gasteiger partial charge in [-0.2, -0.15) is 9.90 Å². The van der Waals surface area contributed by atoms with Gasteiger partial charge in [0.2, 0.25) is 5.91 Å². The first-order valence-electron chi connectivity index (χ1n) is 9.01. The SMILES string of the molecule is O=C1CSC(=O)N1.O=C1NC(=O)C(=Cc2ccc(OCc3ccc(CCl)cc3)cc2)S1.P. The van der Waals surface area contributed by atoms with Crippen molar-refractivity contribution in [1.82, 2.24) is 10.6 Å². The molecule has 0 saturated carbocycles. The molecule has 0 radical (unpaired) electrons. The lowest BCUT2D eigenvalue weighted by Crippen LogP contribution is -2.18. The number of nitrogens with one attached hydrogen (secondary N) is 2. The molecule has 0 bridgehead atoms. The molecule has 2 aromatic rings. The smallest absolute Gasteiger partial charge is 0.290 e. The number of rotatable bonds is 5. The monoisotopic (exact) mass is 510 g/mol. The van der Waals surface area contributed by atoms with E-state index in [1.165, 1.54) is 0 Å². The van der Waals surface area contributed by atoms with Crippen molar-refractivity contribution in [2.24, 2.45) is 0 Å². The van der Waals surface area contributed by atoms with Gasteiger partial charge >= 0.3 is 0 Å². The molecule has 1 unspecified atom stereocenters. The summed E-state index contributed by atoms with van der Waals surface area (Å²) in [6.45, 7) is 0.468. The predicted molar refractivity (Wildman–Crippen MR) is 133 cm³/mol. The number of halogens is 1. The summed E-state index contributed by atoms with van der Waals surface area (Å²) in [5.74, 6) is 0.984. The molecule has 11 heteroatoms. The number of carbonyl (C=O) groups is 4. The molecule has 2 aliphatic heterocycles. The number of ether oxygens (including phenoxy) is 1. The van der Waals surface area contributed by atoms with E-state index in [4.69, 9.17) is 16.3 Å². The van der Waals surface area contributed by atoms with Gasteiger partial charge in [0, 0.05) is 5.88 Å². The molecule has 168 valence electrons. The Bertz CT molecular complexity index is 1020. The fourth-order valence-electron chi connectivity index (χ4n) is 2.44. The Labute approximate surface area is 201 Å². The molecule has 32 heavy (non-hydrogen) atoms. The number of imide groups is 2. The number of hydrogen-bond donors (Lipinski definition) is 2. The van der Waals surface area contributed by atoms with Crippen molar-refractivity contribution >= 4 is 73.4 Å². The van der Waals surface area contributed by atoms with Gasteiger partial charge in [-0.3, -0.25) is 29.8 Å². The maximum Gasteiger partial charge on any atom is 0.290 e. The third-order valence-corrected chi connectivity index (χ3v) is 5.87. The maximum absolute atomic E-state index is 11.5. The van der Waals surface area contributed by atoms with E-state index in [-0.39, 0.29) is 32.2 Å². The average molecular weight is 511 g/mol. The second kappa shape index (κ2) is 12.6. The molecule has 4 amide bonds. The van der Waals surface area contributed by atoms with Gasteiger partial charge in [0.1, 0.15) is 12.4 Å². The highest BCUT2D eigenvalue weighted by atomic mass is 35.5. The van der Waals surface area contributed by atoms with Crippen LogP contribution in [-0.2, 0) is 22.1 Å². The van der Waals surface area contributed by atoms with E-state index in [2.05, 4.69) is 10.6 Å². The summed E-state index contributed by atoms with van der Waals surface area (Å²) in [6, 6.07) is 15.3. The standard InChI is InChI=1S/C18H14ClNO3S.C3H3NO2S.H3P/c19-10-13-1-3-14(4-2-13)11-23-15-7-5-12(6-8-15)9-16-17(21)20-18(22)24-16;5-2-1-7-3(6)4-2;/h1-9H,10-11H2,(H,20,21,22);1H2,(H,4,5,6);1H3. The summed E-state index contributed by atoms with van der Waals surface area (Å²) in [4.78, 5) is 43.2. The topological polar surface area (TPSA) is 102 Å². The minimum absolute atomic E-state index is 0. The molecule has 2 heterocycles. The van der Waals surface area contributed by atoms with Gasteiger partial charge in [0.15, 0.2) is 0 Å². The molecule has 1 atom stereocenters. The first-order chi connectivity index (χ1) is 14.9. The van der Waals surface area contributed by atoms with Crippen molar-refractivity contribution in [3.8, 4) is 5.75 Å². The summed E-state index contributed by atoms with van der Waals surface area (Å²) in [5.41, 5.74) is 2.97. The van der Waals surface area contributed by atoms with E-state index in [0.29, 0.717) is 23.1 Å². The molecular weight excluding hydrogens is 491 g/mol. The molecule has 2 N–H and O–H groups in total. The van der Waals surface area contributed by atoms with Crippen LogP contribution in [0.15, 0.2) is 53.4 Å². The Morgan fingerprint density at radius 1 is 0.906 bits per heavy atom. The van der Waals surface area contributed by atoms with Crippen molar-refractivity contribution in [2.75, 3.05) is 5.75 Å². The Morgan fingerprint density at radius 2 is 1.56 bits per heavy atom. The van der Waals surface area contributed by atoms with E-state index in [1.54, 1.807) is 6.08 Å². The summed E-state index contributed by atoms with van der Waals surface area (Å²) in [5, 5.41) is 3.76. The fourth-order valence-corrected chi connectivity index (χ4v) is 3.82. The molecule has 0 aromatic heterocycles. The van der Waals surface area contributed by atoms with E-state index in [0.717, 1.165) is 46.0 Å². The van der Waals surface area contributed by atoms with E-state index in [1.807, 2.05) is 48.5 Å². The van der Waals surface area contributed by atoms with Crippen molar-refractivity contribution in [1.29, 1.82) is 0 Å². The van der Waals surface area contributed by atoms with Gasteiger partial charge in [-0.05, 0) is 46.7 Å². The normalized spacial score (nSPS) is 16.1. The Kier molecular flexibility index (Phi) is 10.3. The van der Waals surface area contributed by atoms with Gasteiger partial charge in [0.05, 0.1) is 10.7 Å². The van der Waals surface area contributed by atoms with Crippen LogP contribution in [0.4, 0.5) is 9.59 Å². The maximum atomic E-state index is 11.5. The van der Waals surface area contributed by atoms with Crippen LogP contribution in [-0.4, -0.2) is 28.0 Å². The summed E-state index contributed by atoms with van der Waals surface area (Å²) in [7, 11) is 0. The average Bonchev–Trinajstić information content (AvgIpc) is 3.30. The highest BCUT2D eigenvalue weighted by Crippen LogP contribution is 2.26. The van der Waals surface area contributed by atoms with Crippen LogP contribution in [0.2, 0.25) is 0 Å². The third-order valence-electron chi connectivity index (χ3n) is 3.98. The minimum atomic E-state index is -0.356. The predicted octanol–water partition coefficient (Wildman–Crippen LogP) is 4.36. The van der Waals surface area contributed by atoms with Crippen molar-refractivity contribution < 1.29 is 23.9 Å². The third kappa shape index (κ3) is 7.98.